The predicted octanol–water partition coefficient (Wildman–Crippen LogP) is 4.75. The van der Waals surface area contributed by atoms with Crippen LogP contribution in [0.2, 0.25) is 10.0 Å². The molecule has 0 atom stereocenters. The summed E-state index contributed by atoms with van der Waals surface area (Å²) in [5, 5.41) is 9.53. The molecule has 0 saturated carbocycles. The van der Waals surface area contributed by atoms with Crippen LogP contribution in [0.3, 0.4) is 0 Å². The van der Waals surface area contributed by atoms with Crippen LogP contribution in [0, 0.1) is 0 Å². The van der Waals surface area contributed by atoms with Crippen molar-refractivity contribution in [3.05, 3.63) is 34.1 Å². The highest BCUT2D eigenvalue weighted by molar-refractivity contribution is 6.35. The van der Waals surface area contributed by atoms with E-state index >= 15 is 0 Å². The van der Waals surface area contributed by atoms with Gasteiger partial charge in [-0.15, -0.1) is 21.8 Å². The number of rotatable bonds is 2. The van der Waals surface area contributed by atoms with E-state index in [9.17, 15) is 0 Å². The van der Waals surface area contributed by atoms with Crippen molar-refractivity contribution >= 4 is 34.8 Å². The molecule has 0 aliphatic carbocycles. The third-order valence-corrected chi connectivity index (χ3v) is 3.49. The third kappa shape index (κ3) is 2.88. The Morgan fingerprint density at radius 2 is 1.84 bits per heavy atom. The van der Waals surface area contributed by atoms with Gasteiger partial charge in [-0.25, -0.2) is 0 Å². The van der Waals surface area contributed by atoms with Crippen molar-refractivity contribution in [3.8, 4) is 11.4 Å². The lowest BCUT2D eigenvalue weighted by Gasteiger charge is -2.24. The van der Waals surface area contributed by atoms with Gasteiger partial charge >= 0.3 is 0 Å². The molecule has 0 unspecified atom stereocenters. The fourth-order valence-corrected chi connectivity index (χ4v) is 2.50. The highest BCUT2D eigenvalue weighted by Crippen LogP contribution is 2.33. The van der Waals surface area contributed by atoms with Crippen molar-refractivity contribution < 1.29 is 0 Å². The van der Waals surface area contributed by atoms with Crippen LogP contribution in [0.1, 0.15) is 26.6 Å². The number of halogens is 3. The lowest BCUT2D eigenvalue weighted by Crippen LogP contribution is -2.24. The molecule has 2 rings (SSSR count). The molecule has 0 fully saturated rings. The van der Waals surface area contributed by atoms with Crippen LogP contribution in [0.4, 0.5) is 0 Å². The van der Waals surface area contributed by atoms with Crippen LogP contribution >= 0.6 is 34.8 Å². The Morgan fingerprint density at radius 3 is 2.42 bits per heavy atom. The maximum absolute atomic E-state index is 6.23. The second-order valence-corrected chi connectivity index (χ2v) is 6.31. The third-order valence-electron chi connectivity index (χ3n) is 2.69. The summed E-state index contributed by atoms with van der Waals surface area (Å²) in [5.74, 6) is 1.68. The van der Waals surface area contributed by atoms with Gasteiger partial charge in [-0.3, -0.25) is 0 Å². The molecule has 0 bridgehead atoms. The minimum absolute atomic E-state index is 0.200. The van der Waals surface area contributed by atoms with Gasteiger partial charge in [-0.1, -0.05) is 23.2 Å². The molecule has 0 aliphatic rings. The Labute approximate surface area is 127 Å². The highest BCUT2D eigenvalue weighted by atomic mass is 35.5. The van der Waals surface area contributed by atoms with E-state index in [1.165, 1.54) is 0 Å². The fraction of sp³-hybridized carbons (Fsp3) is 0.385. The van der Waals surface area contributed by atoms with Gasteiger partial charge in [0, 0.05) is 16.1 Å². The molecule has 0 N–H and O–H groups in total. The van der Waals surface area contributed by atoms with E-state index in [1.54, 1.807) is 18.2 Å². The molecule has 6 heteroatoms. The molecule has 0 saturated heterocycles. The van der Waals surface area contributed by atoms with Crippen LogP contribution < -0.4 is 0 Å². The summed E-state index contributed by atoms with van der Waals surface area (Å²) in [6.45, 7) is 6.19. The summed E-state index contributed by atoms with van der Waals surface area (Å²) in [6.07, 6.45) is 0. The average Bonchev–Trinajstić information content (AvgIpc) is 2.75. The zero-order valence-electron chi connectivity index (χ0n) is 10.9. The van der Waals surface area contributed by atoms with Crippen LogP contribution in [0.5, 0.6) is 0 Å². The lowest BCUT2D eigenvalue weighted by molar-refractivity contribution is 0.390. The fourth-order valence-electron chi connectivity index (χ4n) is 1.95. The SMILES string of the molecule is CC(C)(C)n1c(CCl)nnc1-c1cc(Cl)ccc1Cl. The number of nitrogens with zero attached hydrogens (tertiary/aromatic N) is 3. The molecule has 1 heterocycles. The quantitative estimate of drug-likeness (QED) is 0.748. The molecular formula is C13H14Cl3N3. The molecule has 0 aliphatic heterocycles. The Kier molecular flexibility index (Phi) is 4.09. The van der Waals surface area contributed by atoms with Crippen molar-refractivity contribution in [3.63, 3.8) is 0 Å². The number of hydrogen-bond acceptors (Lipinski definition) is 2. The molecule has 0 spiro atoms. The monoisotopic (exact) mass is 317 g/mol. The lowest BCUT2D eigenvalue weighted by atomic mass is 10.1. The number of aromatic nitrogens is 3. The normalized spacial score (nSPS) is 11.9. The van der Waals surface area contributed by atoms with E-state index in [0.29, 0.717) is 27.6 Å². The molecule has 1 aromatic heterocycles. The minimum atomic E-state index is -0.200. The molecule has 102 valence electrons. The van der Waals surface area contributed by atoms with Crippen molar-refractivity contribution in [2.45, 2.75) is 32.2 Å². The van der Waals surface area contributed by atoms with Gasteiger partial charge in [0.2, 0.25) is 0 Å². The van der Waals surface area contributed by atoms with Gasteiger partial charge in [0.05, 0.1) is 10.9 Å². The zero-order valence-corrected chi connectivity index (χ0v) is 13.2. The molecule has 3 nitrogen and oxygen atoms in total. The molecule has 1 aromatic carbocycles. The average molecular weight is 319 g/mol. The zero-order chi connectivity index (χ0) is 14.2. The smallest absolute Gasteiger partial charge is 0.166 e. The van der Waals surface area contributed by atoms with Crippen LogP contribution in [0.25, 0.3) is 11.4 Å². The van der Waals surface area contributed by atoms with Crippen molar-refractivity contribution in [1.82, 2.24) is 14.8 Å². The maximum atomic E-state index is 6.23. The molecule has 0 amide bonds. The number of hydrogen-bond donors (Lipinski definition) is 0. The first-order chi connectivity index (χ1) is 8.84. The first-order valence-electron chi connectivity index (χ1n) is 5.80. The minimum Gasteiger partial charge on any atom is -0.305 e. The van der Waals surface area contributed by atoms with Crippen LogP contribution in [-0.4, -0.2) is 14.8 Å². The van der Waals surface area contributed by atoms with Crippen LogP contribution in [0.15, 0.2) is 18.2 Å². The number of benzene rings is 1. The largest absolute Gasteiger partial charge is 0.305 e. The summed E-state index contributed by atoms with van der Waals surface area (Å²) in [5.41, 5.74) is 0.558. The summed E-state index contributed by atoms with van der Waals surface area (Å²) in [4.78, 5) is 0. The number of alkyl halides is 1. The second kappa shape index (κ2) is 5.31. The highest BCUT2D eigenvalue weighted by Gasteiger charge is 2.24. The van der Waals surface area contributed by atoms with Crippen molar-refractivity contribution in [2.75, 3.05) is 0 Å². The molecule has 19 heavy (non-hydrogen) atoms. The first kappa shape index (κ1) is 14.6. The molecular weight excluding hydrogens is 305 g/mol. The second-order valence-electron chi connectivity index (χ2n) is 5.20. The molecule has 2 aromatic rings. The van der Waals surface area contributed by atoms with Gasteiger partial charge in [-0.2, -0.15) is 0 Å². The van der Waals surface area contributed by atoms with Crippen LogP contribution in [-0.2, 0) is 11.4 Å². The van der Waals surface area contributed by atoms with Crippen molar-refractivity contribution in [2.24, 2.45) is 0 Å². The summed E-state index contributed by atoms with van der Waals surface area (Å²) in [7, 11) is 0. The summed E-state index contributed by atoms with van der Waals surface area (Å²) in [6, 6.07) is 5.28. The standard InChI is InChI=1S/C13H14Cl3N3/c1-13(2,3)19-11(7-14)17-18-12(19)9-6-8(15)4-5-10(9)16/h4-6H,7H2,1-3H3. The topological polar surface area (TPSA) is 30.7 Å². The van der Waals surface area contributed by atoms with Gasteiger partial charge < -0.3 is 4.57 Å². The molecule has 0 radical (unpaired) electrons. The van der Waals surface area contributed by atoms with E-state index in [1.807, 2.05) is 4.57 Å². The van der Waals surface area contributed by atoms with Gasteiger partial charge in [0.15, 0.2) is 5.82 Å². The van der Waals surface area contributed by atoms with E-state index < -0.39 is 0 Å². The first-order valence-corrected chi connectivity index (χ1v) is 7.10. The van der Waals surface area contributed by atoms with E-state index in [2.05, 4.69) is 31.0 Å². The Hall–Kier alpha value is -0.770. The van der Waals surface area contributed by atoms with E-state index in [-0.39, 0.29) is 5.54 Å². The summed E-state index contributed by atoms with van der Waals surface area (Å²) < 4.78 is 1.98. The maximum Gasteiger partial charge on any atom is 0.166 e. The Bertz CT molecular complexity index is 600. The Balaban J connectivity index is 2.69. The van der Waals surface area contributed by atoms with E-state index in [4.69, 9.17) is 34.8 Å². The van der Waals surface area contributed by atoms with E-state index in [0.717, 1.165) is 5.56 Å². The summed E-state index contributed by atoms with van der Waals surface area (Å²) >= 11 is 18.2. The Morgan fingerprint density at radius 1 is 1.16 bits per heavy atom. The van der Waals surface area contributed by atoms with Crippen molar-refractivity contribution in [1.29, 1.82) is 0 Å². The van der Waals surface area contributed by atoms with Gasteiger partial charge in [0.25, 0.3) is 0 Å². The van der Waals surface area contributed by atoms with Gasteiger partial charge in [-0.05, 0) is 39.0 Å². The predicted molar refractivity (Wildman–Crippen MR) is 80.0 cm³/mol. The van der Waals surface area contributed by atoms with Gasteiger partial charge in [0.1, 0.15) is 5.82 Å².